The minimum absolute atomic E-state index is 0.0315. The van der Waals surface area contributed by atoms with Crippen molar-refractivity contribution >= 4 is 52.9 Å². The highest BCUT2D eigenvalue weighted by molar-refractivity contribution is 6.90. The van der Waals surface area contributed by atoms with Gasteiger partial charge in [0.2, 0.25) is 11.8 Å². The number of likely N-dealkylation sites (tertiary alicyclic amines) is 1. The van der Waals surface area contributed by atoms with Crippen LogP contribution in [0.4, 0.5) is 20.2 Å². The number of nitrogens with zero attached hydrogens (tertiary/aromatic N) is 6. The maximum atomic E-state index is 17.6. The minimum atomic E-state index is -2.31. The fourth-order valence-corrected chi connectivity index (χ4v) is 15.9. The number of pyridine rings is 2. The summed E-state index contributed by atoms with van der Waals surface area (Å²) in [7, 11) is -0.260. The van der Waals surface area contributed by atoms with E-state index in [1.165, 1.54) is 24.3 Å². The molecule has 1 N–H and O–H groups in total. The number of likely N-dealkylation sites (N-methyl/N-ethyl adjacent to an activating group) is 1. The zero-order valence-electron chi connectivity index (χ0n) is 34.6. The molecule has 2 aromatic heterocycles. The Bertz CT molecular complexity index is 2420. The molecule has 0 radical (unpaired) electrons. The lowest BCUT2D eigenvalue weighted by molar-refractivity contribution is -0.131. The zero-order chi connectivity index (χ0) is 41.5. The van der Waals surface area contributed by atoms with Crippen LogP contribution in [0.15, 0.2) is 43.1 Å². The number of aromatic nitrogens is 2. The van der Waals surface area contributed by atoms with Gasteiger partial charge >= 0.3 is 0 Å². The average molecular weight is 807 g/mol. The molecule has 0 unspecified atom stereocenters. The van der Waals surface area contributed by atoms with Crippen molar-refractivity contribution in [1.29, 1.82) is 0 Å². The van der Waals surface area contributed by atoms with Gasteiger partial charge in [-0.3, -0.25) is 19.5 Å². The van der Waals surface area contributed by atoms with Gasteiger partial charge in [0.15, 0.2) is 5.82 Å². The van der Waals surface area contributed by atoms with E-state index in [9.17, 15) is 14.7 Å². The number of ether oxygens (including phenoxy) is 1. The lowest BCUT2D eigenvalue weighted by atomic mass is 9.93. The maximum absolute atomic E-state index is 17.6. The number of benzene rings is 2. The first-order valence-corrected chi connectivity index (χ1v) is 22.7. The molecule has 2 saturated heterocycles. The molecule has 2 amide bonds. The fourth-order valence-electron chi connectivity index (χ4n) is 10.7. The Hall–Kier alpha value is -5.06. The molecule has 304 valence electrons. The van der Waals surface area contributed by atoms with E-state index in [1.54, 1.807) is 22.1 Å². The summed E-state index contributed by atoms with van der Waals surface area (Å²) in [6.07, 6.45) is 4.68. The summed E-state index contributed by atoms with van der Waals surface area (Å²) < 4.78 is 40.1. The first-order valence-electron chi connectivity index (χ1n) is 20.5. The highest BCUT2D eigenvalue weighted by Gasteiger charge is 2.52. The molecule has 10 nitrogen and oxygen atoms in total. The van der Waals surface area contributed by atoms with Crippen molar-refractivity contribution in [3.63, 3.8) is 0 Å². The summed E-state index contributed by atoms with van der Waals surface area (Å²) in [5.74, 6) is 1.52. The molecule has 2 fully saturated rings. The molecule has 4 aliphatic heterocycles. The summed E-state index contributed by atoms with van der Waals surface area (Å²) in [5.41, 5.74) is 5.73. The van der Waals surface area contributed by atoms with E-state index < -0.39 is 25.8 Å². The summed E-state index contributed by atoms with van der Waals surface area (Å²) in [5, 5.41) is 12.2. The van der Waals surface area contributed by atoms with E-state index in [2.05, 4.69) is 64.5 Å². The molecule has 0 spiro atoms. The van der Waals surface area contributed by atoms with E-state index in [0.717, 1.165) is 19.4 Å². The molecule has 4 atom stereocenters. The van der Waals surface area contributed by atoms with Gasteiger partial charge in [-0.25, -0.2) is 13.8 Å². The second-order valence-electron chi connectivity index (χ2n) is 17.4. The van der Waals surface area contributed by atoms with Gasteiger partial charge < -0.3 is 24.5 Å². The number of hydrogen-bond donors (Lipinski definition) is 1. The first kappa shape index (κ1) is 39.7. The molecule has 4 aliphatic rings. The van der Waals surface area contributed by atoms with E-state index in [-0.39, 0.29) is 77.1 Å². The van der Waals surface area contributed by atoms with Gasteiger partial charge in [-0.05, 0) is 79.6 Å². The molecule has 6 heterocycles. The van der Waals surface area contributed by atoms with Crippen molar-refractivity contribution in [2.24, 2.45) is 0 Å². The van der Waals surface area contributed by atoms with Crippen LogP contribution < -0.4 is 14.5 Å². The van der Waals surface area contributed by atoms with Crippen molar-refractivity contribution in [3.8, 4) is 34.4 Å². The van der Waals surface area contributed by atoms with Crippen molar-refractivity contribution in [2.75, 3.05) is 43.1 Å². The Morgan fingerprint density at radius 3 is 2.45 bits per heavy atom. The van der Waals surface area contributed by atoms with E-state index in [1.807, 2.05) is 18.9 Å². The largest absolute Gasteiger partial charge is 0.508 e. The Balaban J connectivity index is 1.36. The van der Waals surface area contributed by atoms with Gasteiger partial charge in [0.25, 0.3) is 5.91 Å². The Morgan fingerprint density at radius 1 is 1.07 bits per heavy atom. The lowest BCUT2D eigenvalue weighted by Gasteiger charge is -2.53. The Morgan fingerprint density at radius 2 is 1.79 bits per heavy atom. The van der Waals surface area contributed by atoms with Gasteiger partial charge in [0.1, 0.15) is 49.2 Å². The summed E-state index contributed by atoms with van der Waals surface area (Å²) in [6, 6.07) is 4.47. The molecule has 0 bridgehead atoms. The maximum Gasteiger partial charge on any atom is 0.252 e. The van der Waals surface area contributed by atoms with Crippen molar-refractivity contribution in [1.82, 2.24) is 19.8 Å². The second-order valence-corrected chi connectivity index (χ2v) is 23.0. The van der Waals surface area contributed by atoms with Crippen LogP contribution in [0, 0.1) is 23.1 Å². The SMILES string of the molecule is C=CC(=O)N1C[C@@H]2C(=O)N3c4c(nc5c(F)c(-c6cc(O)cc7ccc(F)c(C#C[Si](C(C)C)(C(C)C)C(C)C)c67)ncc5c4N2C[C@H]1C)OC[C@H]3[C@@H]1CCCN1C. The molecular formula is C45H52F2N6O4Si. The van der Waals surface area contributed by atoms with Crippen molar-refractivity contribution in [2.45, 2.75) is 102 Å². The molecular weight excluding hydrogens is 755 g/mol. The van der Waals surface area contributed by atoms with E-state index in [4.69, 9.17) is 14.7 Å². The number of fused-ring (bicyclic) bond motifs is 5. The number of aromatic hydroxyl groups is 1. The fraction of sp³-hybridized carbons (Fsp3) is 0.467. The summed E-state index contributed by atoms with van der Waals surface area (Å²) >= 11 is 0. The van der Waals surface area contributed by atoms with Crippen LogP contribution in [0.1, 0.15) is 66.9 Å². The van der Waals surface area contributed by atoms with Crippen LogP contribution >= 0.6 is 0 Å². The zero-order valence-corrected chi connectivity index (χ0v) is 35.6. The number of phenols is 1. The minimum Gasteiger partial charge on any atom is -0.508 e. The molecule has 2 aromatic carbocycles. The van der Waals surface area contributed by atoms with E-state index >= 15 is 8.78 Å². The third-order valence-electron chi connectivity index (χ3n) is 13.5. The highest BCUT2D eigenvalue weighted by atomic mass is 28.3. The predicted octanol–water partition coefficient (Wildman–Crippen LogP) is 7.80. The van der Waals surface area contributed by atoms with Crippen LogP contribution in [-0.2, 0) is 9.59 Å². The van der Waals surface area contributed by atoms with Crippen molar-refractivity contribution < 1.29 is 28.2 Å². The molecule has 0 aliphatic carbocycles. The van der Waals surface area contributed by atoms with Crippen LogP contribution in [0.25, 0.3) is 32.9 Å². The van der Waals surface area contributed by atoms with E-state index in [0.29, 0.717) is 50.7 Å². The number of phenolic OH excluding ortho intramolecular Hbond substituents is 1. The molecule has 13 heteroatoms. The number of rotatable bonds is 6. The number of amides is 2. The van der Waals surface area contributed by atoms with Crippen LogP contribution in [0.2, 0.25) is 16.6 Å². The van der Waals surface area contributed by atoms with Gasteiger partial charge in [0, 0.05) is 41.2 Å². The Kier molecular flexibility index (Phi) is 10.0. The lowest BCUT2D eigenvalue weighted by Crippen LogP contribution is -2.69. The van der Waals surface area contributed by atoms with Crippen LogP contribution in [0.5, 0.6) is 11.6 Å². The standard InChI is InChI=1S/C45H52F2N6O4Si/c1-10-37(55)51-22-35-45(56)53-36(34-12-11-16-50(34)9)23-57-44-43(53)42(52(35)21-27(51)8)32-20-48-40(39(47)41(32)49-44)31-19-29(54)18-28-13-14-33(46)30(38(28)31)15-17-58(24(2)3,25(4)5)26(6)7/h10,13-14,18-20,24-27,34-36,54H,1,11-12,16,21-23H2,2-9H3/t27-,34+,35-,36+/m1/s1. The highest BCUT2D eigenvalue weighted by Crippen LogP contribution is 2.52. The number of anilines is 2. The monoisotopic (exact) mass is 806 g/mol. The van der Waals surface area contributed by atoms with Gasteiger partial charge in [0.05, 0.1) is 23.8 Å². The first-order chi connectivity index (χ1) is 27.6. The number of carbonyl (C=O) groups excluding carboxylic acids is 2. The number of hydrogen-bond acceptors (Lipinski definition) is 8. The topological polar surface area (TPSA) is 102 Å². The molecule has 4 aromatic rings. The smallest absolute Gasteiger partial charge is 0.252 e. The van der Waals surface area contributed by atoms with Crippen molar-refractivity contribution in [3.05, 3.63) is 60.3 Å². The number of halogens is 2. The third kappa shape index (κ3) is 5.96. The van der Waals surface area contributed by atoms with Gasteiger partial charge in [-0.1, -0.05) is 60.1 Å². The predicted molar refractivity (Wildman–Crippen MR) is 227 cm³/mol. The molecule has 0 saturated carbocycles. The molecule has 8 rings (SSSR count). The van der Waals surface area contributed by atoms with Gasteiger partial charge in [-0.15, -0.1) is 5.54 Å². The Labute approximate surface area is 339 Å². The third-order valence-corrected chi connectivity index (χ3v) is 19.7. The van der Waals surface area contributed by atoms with Crippen LogP contribution in [-0.4, -0.2) is 102 Å². The van der Waals surface area contributed by atoms with Gasteiger partial charge in [-0.2, -0.15) is 0 Å². The summed E-state index contributed by atoms with van der Waals surface area (Å²) in [4.78, 5) is 44.9. The van der Waals surface area contributed by atoms with Crippen LogP contribution in [0.3, 0.4) is 0 Å². The molecule has 58 heavy (non-hydrogen) atoms. The average Bonchev–Trinajstić information content (AvgIpc) is 3.61. The summed E-state index contributed by atoms with van der Waals surface area (Å²) in [6.45, 7) is 20.2. The number of piperazine rings is 1. The quantitative estimate of drug-likeness (QED) is 0.120. The second kappa shape index (κ2) is 14.6. The normalized spacial score (nSPS) is 22.1. The number of carbonyl (C=O) groups is 2.